The first-order valence-electron chi connectivity index (χ1n) is 5.60. The lowest BCUT2D eigenvalue weighted by molar-refractivity contribution is 0.249. The van der Waals surface area contributed by atoms with Crippen molar-refractivity contribution < 1.29 is 4.79 Å². The first-order valence-corrected chi connectivity index (χ1v) is 5.98. The molecule has 0 saturated carbocycles. The molecule has 1 aromatic heterocycles. The van der Waals surface area contributed by atoms with Crippen molar-refractivity contribution >= 4 is 23.8 Å². The zero-order valence-corrected chi connectivity index (χ0v) is 11.1. The van der Waals surface area contributed by atoms with Crippen LogP contribution in [-0.4, -0.2) is 16.8 Å². The van der Waals surface area contributed by atoms with Gasteiger partial charge in [-0.15, -0.1) is 0 Å². The summed E-state index contributed by atoms with van der Waals surface area (Å²) in [4.78, 5) is 10.5. The van der Waals surface area contributed by atoms with Gasteiger partial charge in [-0.3, -0.25) is 0 Å². The second-order valence-electron chi connectivity index (χ2n) is 3.97. The summed E-state index contributed by atoms with van der Waals surface area (Å²) in [7, 11) is 0. The number of nitrogens with zero attached hydrogens (tertiary/aromatic N) is 2. The summed E-state index contributed by atoms with van der Waals surface area (Å²) in [6.07, 6.45) is 3.39. The second-order valence-corrected chi connectivity index (χ2v) is 4.38. The van der Waals surface area contributed by atoms with Crippen molar-refractivity contribution in [3.63, 3.8) is 0 Å². The molecule has 0 radical (unpaired) electrons. The third kappa shape index (κ3) is 3.14. The molecule has 0 unspecified atom stereocenters. The molecule has 0 aliphatic carbocycles. The van der Waals surface area contributed by atoms with E-state index in [9.17, 15) is 4.79 Å². The van der Waals surface area contributed by atoms with Gasteiger partial charge in [-0.05, 0) is 36.8 Å². The minimum Gasteiger partial charge on any atom is -0.350 e. The monoisotopic (exact) mass is 276 g/mol. The van der Waals surface area contributed by atoms with E-state index < -0.39 is 6.03 Å². The van der Waals surface area contributed by atoms with Gasteiger partial charge in [0.1, 0.15) is 0 Å². The highest BCUT2D eigenvalue weighted by molar-refractivity contribution is 6.31. The summed E-state index contributed by atoms with van der Waals surface area (Å²) in [5.41, 5.74) is 9.82. The minimum atomic E-state index is -0.701. The third-order valence-electron chi connectivity index (χ3n) is 2.59. The molecule has 1 heterocycles. The maximum atomic E-state index is 10.5. The molecule has 0 aliphatic heterocycles. The lowest BCUT2D eigenvalue weighted by Crippen LogP contribution is -2.24. The van der Waals surface area contributed by atoms with Gasteiger partial charge < -0.3 is 10.3 Å². The van der Waals surface area contributed by atoms with Gasteiger partial charge in [0.2, 0.25) is 0 Å². The normalized spacial score (nSPS) is 10.8. The van der Waals surface area contributed by atoms with E-state index in [-0.39, 0.29) is 0 Å². The lowest BCUT2D eigenvalue weighted by atomic mass is 10.2. The van der Waals surface area contributed by atoms with Crippen LogP contribution in [-0.2, 0) is 0 Å². The van der Waals surface area contributed by atoms with Gasteiger partial charge in [0.05, 0.1) is 11.9 Å². The Kier molecular flexibility index (Phi) is 3.87. The molecule has 3 N–H and O–H groups in total. The molecule has 98 valence electrons. The first-order chi connectivity index (χ1) is 9.08. The summed E-state index contributed by atoms with van der Waals surface area (Å²) in [5.74, 6) is 0. The number of hydrazone groups is 1. The molecular weight excluding hydrogens is 264 g/mol. The molecule has 2 aromatic rings. The number of benzene rings is 1. The van der Waals surface area contributed by atoms with Crippen LogP contribution in [0, 0.1) is 6.92 Å². The number of primary amides is 1. The molecule has 0 fully saturated rings. The maximum absolute atomic E-state index is 10.5. The van der Waals surface area contributed by atoms with Crippen molar-refractivity contribution in [3.8, 4) is 5.69 Å². The number of rotatable bonds is 3. The van der Waals surface area contributed by atoms with Gasteiger partial charge in [0, 0.05) is 16.9 Å². The van der Waals surface area contributed by atoms with Gasteiger partial charge in [-0.2, -0.15) is 5.10 Å². The highest BCUT2D eigenvalue weighted by Gasteiger charge is 2.03. The predicted molar refractivity (Wildman–Crippen MR) is 75.8 cm³/mol. The Bertz CT molecular complexity index is 633. The van der Waals surface area contributed by atoms with Crippen molar-refractivity contribution in [1.29, 1.82) is 0 Å². The van der Waals surface area contributed by atoms with Crippen molar-refractivity contribution in [3.05, 3.63) is 52.8 Å². The Labute approximate surface area is 115 Å². The number of amides is 2. The summed E-state index contributed by atoms with van der Waals surface area (Å²) in [6.45, 7) is 1.95. The number of nitrogens with two attached hydrogens (primary N) is 1. The average molecular weight is 277 g/mol. The topological polar surface area (TPSA) is 72.4 Å². The molecule has 0 saturated heterocycles. The average Bonchev–Trinajstić information content (AvgIpc) is 2.80. The van der Waals surface area contributed by atoms with Crippen molar-refractivity contribution in [1.82, 2.24) is 9.99 Å². The first kappa shape index (κ1) is 13.2. The molecule has 5 nitrogen and oxygen atoms in total. The van der Waals surface area contributed by atoms with Crippen LogP contribution >= 0.6 is 11.6 Å². The summed E-state index contributed by atoms with van der Waals surface area (Å²) < 4.78 is 1.90. The molecule has 1 aromatic carbocycles. The van der Waals surface area contributed by atoms with Gasteiger partial charge in [-0.1, -0.05) is 17.7 Å². The number of hydrogen-bond acceptors (Lipinski definition) is 2. The van der Waals surface area contributed by atoms with E-state index in [1.54, 1.807) is 0 Å². The molecule has 6 heteroatoms. The number of urea groups is 1. The van der Waals surface area contributed by atoms with E-state index in [2.05, 4.69) is 10.5 Å². The number of nitrogens with one attached hydrogen (secondary N) is 1. The van der Waals surface area contributed by atoms with E-state index in [1.807, 2.05) is 48.0 Å². The third-order valence-corrected chi connectivity index (χ3v) is 2.99. The molecule has 0 spiro atoms. The van der Waals surface area contributed by atoms with Crippen LogP contribution < -0.4 is 11.2 Å². The van der Waals surface area contributed by atoms with Crippen LogP contribution in [0.4, 0.5) is 4.79 Å². The zero-order chi connectivity index (χ0) is 13.8. The standard InChI is InChI=1S/C13H13ClN4O/c1-9-4-5-10(7-12(9)14)18-6-2-3-11(18)8-16-17-13(15)19/h2-8H,1H3,(H3,15,17,19)/b16-8+. The van der Waals surface area contributed by atoms with Crippen molar-refractivity contribution in [2.24, 2.45) is 10.8 Å². The molecule has 2 amide bonds. The number of aryl methyl sites for hydroxylation is 1. The van der Waals surface area contributed by atoms with Gasteiger partial charge >= 0.3 is 6.03 Å². The summed E-state index contributed by atoms with van der Waals surface area (Å²) >= 11 is 6.11. The molecule has 19 heavy (non-hydrogen) atoms. The number of aromatic nitrogens is 1. The van der Waals surface area contributed by atoms with Crippen LogP contribution in [0.1, 0.15) is 11.3 Å². The fraction of sp³-hybridized carbons (Fsp3) is 0.0769. The van der Waals surface area contributed by atoms with Crippen molar-refractivity contribution in [2.75, 3.05) is 0 Å². The number of halogens is 1. The van der Waals surface area contributed by atoms with Crippen LogP contribution in [0.3, 0.4) is 0 Å². The number of carbonyl (C=O) groups excluding carboxylic acids is 1. The van der Waals surface area contributed by atoms with Gasteiger partial charge in [-0.25, -0.2) is 10.2 Å². The second kappa shape index (κ2) is 5.58. The smallest absolute Gasteiger partial charge is 0.332 e. The predicted octanol–water partition coefficient (Wildman–Crippen LogP) is 2.44. The molecule has 0 bridgehead atoms. The van der Waals surface area contributed by atoms with Crippen molar-refractivity contribution in [2.45, 2.75) is 6.92 Å². The fourth-order valence-electron chi connectivity index (χ4n) is 1.63. The van der Waals surface area contributed by atoms with Crippen LogP contribution in [0.15, 0.2) is 41.6 Å². The SMILES string of the molecule is Cc1ccc(-n2cccc2/C=N/NC(N)=O)cc1Cl. The summed E-state index contributed by atoms with van der Waals surface area (Å²) in [5, 5.41) is 4.43. The highest BCUT2D eigenvalue weighted by atomic mass is 35.5. The largest absolute Gasteiger partial charge is 0.350 e. The Balaban J connectivity index is 2.30. The minimum absolute atomic E-state index is 0.698. The van der Waals surface area contributed by atoms with E-state index in [0.29, 0.717) is 5.02 Å². The fourth-order valence-corrected chi connectivity index (χ4v) is 1.80. The quantitative estimate of drug-likeness (QED) is 0.656. The van der Waals surface area contributed by atoms with Gasteiger partial charge in [0.25, 0.3) is 0 Å². The highest BCUT2D eigenvalue weighted by Crippen LogP contribution is 2.20. The van der Waals surface area contributed by atoms with Gasteiger partial charge in [0.15, 0.2) is 0 Å². The van der Waals surface area contributed by atoms with E-state index in [1.165, 1.54) is 6.21 Å². The zero-order valence-electron chi connectivity index (χ0n) is 10.3. The Hall–Kier alpha value is -2.27. The Morgan fingerprint density at radius 1 is 1.47 bits per heavy atom. The van der Waals surface area contributed by atoms with E-state index in [0.717, 1.165) is 16.9 Å². The number of hydrogen-bond donors (Lipinski definition) is 2. The van der Waals surface area contributed by atoms with Crippen LogP contribution in [0.25, 0.3) is 5.69 Å². The molecule has 0 atom stereocenters. The molecule has 2 rings (SSSR count). The maximum Gasteiger partial charge on any atom is 0.332 e. The lowest BCUT2D eigenvalue weighted by Gasteiger charge is -2.08. The molecular formula is C13H13ClN4O. The Morgan fingerprint density at radius 3 is 2.95 bits per heavy atom. The van der Waals surface area contributed by atoms with E-state index in [4.69, 9.17) is 17.3 Å². The van der Waals surface area contributed by atoms with Crippen LogP contribution in [0.2, 0.25) is 5.02 Å². The Morgan fingerprint density at radius 2 is 2.26 bits per heavy atom. The van der Waals surface area contributed by atoms with E-state index >= 15 is 0 Å². The molecule has 0 aliphatic rings. The number of carbonyl (C=O) groups is 1. The summed E-state index contributed by atoms with van der Waals surface area (Å²) in [6, 6.07) is 8.81. The van der Waals surface area contributed by atoms with Crippen LogP contribution in [0.5, 0.6) is 0 Å².